The van der Waals surface area contributed by atoms with Crippen LogP contribution in [0.2, 0.25) is 0 Å². The van der Waals surface area contributed by atoms with Crippen molar-refractivity contribution in [1.29, 1.82) is 0 Å². The second-order valence-corrected chi connectivity index (χ2v) is 8.09. The molecule has 1 atom stereocenters. The molecule has 2 aliphatic heterocycles. The van der Waals surface area contributed by atoms with Crippen LogP contribution in [0, 0.1) is 5.92 Å². The van der Waals surface area contributed by atoms with Crippen molar-refractivity contribution in [2.24, 2.45) is 5.92 Å². The third kappa shape index (κ3) is 5.77. The zero-order valence-corrected chi connectivity index (χ0v) is 17.1. The molecule has 0 spiro atoms. The topological polar surface area (TPSA) is 65.5 Å². The number of pyridine rings is 1. The Kier molecular flexibility index (Phi) is 7.83. The highest BCUT2D eigenvalue weighted by molar-refractivity contribution is 5.79. The highest BCUT2D eigenvalue weighted by atomic mass is 16.2. The standard InChI is InChI=1S/C22H34N4O2/c1-2-3-9-21(27)25-14-10-20(11-15-25)26-13-6-7-18(17-26)22(28)24-16-19-8-4-5-12-23-19/h4-5,8,12,18,20H,2-3,6-7,9-11,13-17H2,1H3,(H,24,28). The van der Waals surface area contributed by atoms with Crippen molar-refractivity contribution in [2.45, 2.75) is 64.5 Å². The third-order valence-corrected chi connectivity index (χ3v) is 6.07. The number of nitrogens with one attached hydrogen (secondary N) is 1. The Hall–Kier alpha value is -1.95. The average Bonchev–Trinajstić information content (AvgIpc) is 2.76. The summed E-state index contributed by atoms with van der Waals surface area (Å²) >= 11 is 0. The molecule has 2 aliphatic rings. The van der Waals surface area contributed by atoms with Crippen LogP contribution in [0.3, 0.4) is 0 Å². The van der Waals surface area contributed by atoms with Gasteiger partial charge in [-0.2, -0.15) is 0 Å². The summed E-state index contributed by atoms with van der Waals surface area (Å²) in [5.41, 5.74) is 0.892. The van der Waals surface area contributed by atoms with E-state index in [-0.39, 0.29) is 11.8 Å². The van der Waals surface area contributed by atoms with Gasteiger partial charge in [-0.05, 0) is 50.8 Å². The molecule has 2 saturated heterocycles. The normalized spacial score (nSPS) is 21.5. The third-order valence-electron chi connectivity index (χ3n) is 6.07. The van der Waals surface area contributed by atoms with E-state index in [9.17, 15) is 9.59 Å². The molecule has 1 aromatic rings. The van der Waals surface area contributed by atoms with Crippen LogP contribution in [-0.4, -0.2) is 58.8 Å². The molecule has 28 heavy (non-hydrogen) atoms. The highest BCUT2D eigenvalue weighted by Crippen LogP contribution is 2.24. The maximum absolute atomic E-state index is 12.6. The van der Waals surface area contributed by atoms with Crippen molar-refractivity contribution in [1.82, 2.24) is 20.1 Å². The first-order valence-electron chi connectivity index (χ1n) is 10.9. The van der Waals surface area contributed by atoms with Crippen molar-refractivity contribution in [3.63, 3.8) is 0 Å². The first-order chi connectivity index (χ1) is 13.7. The molecule has 2 amide bonds. The lowest BCUT2D eigenvalue weighted by Gasteiger charge is -2.42. The Bertz CT molecular complexity index is 629. The zero-order chi connectivity index (χ0) is 19.8. The van der Waals surface area contributed by atoms with Crippen LogP contribution >= 0.6 is 0 Å². The first kappa shape index (κ1) is 20.8. The van der Waals surface area contributed by atoms with E-state index in [1.807, 2.05) is 23.1 Å². The number of piperidine rings is 2. The molecule has 0 aliphatic carbocycles. The maximum Gasteiger partial charge on any atom is 0.224 e. The van der Waals surface area contributed by atoms with Gasteiger partial charge in [0.2, 0.25) is 11.8 Å². The van der Waals surface area contributed by atoms with Gasteiger partial charge >= 0.3 is 0 Å². The Morgan fingerprint density at radius 2 is 2.00 bits per heavy atom. The molecule has 6 nitrogen and oxygen atoms in total. The Labute approximate surface area is 168 Å². The summed E-state index contributed by atoms with van der Waals surface area (Å²) in [7, 11) is 0. The molecular weight excluding hydrogens is 352 g/mol. The summed E-state index contributed by atoms with van der Waals surface area (Å²) in [6.45, 7) is 6.24. The second kappa shape index (κ2) is 10.6. The predicted octanol–water partition coefficient (Wildman–Crippen LogP) is 2.59. The monoisotopic (exact) mass is 386 g/mol. The van der Waals surface area contributed by atoms with Gasteiger partial charge in [0.15, 0.2) is 0 Å². The maximum atomic E-state index is 12.6. The Morgan fingerprint density at radius 1 is 1.18 bits per heavy atom. The van der Waals surface area contributed by atoms with Gasteiger partial charge in [-0.25, -0.2) is 0 Å². The summed E-state index contributed by atoms with van der Waals surface area (Å²) < 4.78 is 0. The van der Waals surface area contributed by atoms with E-state index in [2.05, 4.69) is 22.1 Å². The molecule has 0 aromatic carbocycles. The van der Waals surface area contributed by atoms with E-state index in [1.54, 1.807) is 6.20 Å². The van der Waals surface area contributed by atoms with E-state index in [0.717, 1.165) is 70.4 Å². The Morgan fingerprint density at radius 3 is 2.71 bits per heavy atom. The van der Waals surface area contributed by atoms with Gasteiger partial charge in [-0.1, -0.05) is 19.4 Å². The van der Waals surface area contributed by atoms with Crippen molar-refractivity contribution in [3.05, 3.63) is 30.1 Å². The highest BCUT2D eigenvalue weighted by Gasteiger charge is 2.32. The summed E-state index contributed by atoms with van der Waals surface area (Å²) in [5, 5.41) is 3.05. The van der Waals surface area contributed by atoms with E-state index in [1.165, 1.54) is 0 Å². The van der Waals surface area contributed by atoms with Crippen LogP contribution in [0.25, 0.3) is 0 Å². The minimum absolute atomic E-state index is 0.0571. The fourth-order valence-corrected chi connectivity index (χ4v) is 4.34. The minimum atomic E-state index is 0.0571. The summed E-state index contributed by atoms with van der Waals surface area (Å²) in [6.07, 6.45) is 8.57. The smallest absolute Gasteiger partial charge is 0.224 e. The van der Waals surface area contributed by atoms with Gasteiger partial charge in [0.25, 0.3) is 0 Å². The minimum Gasteiger partial charge on any atom is -0.350 e. The quantitative estimate of drug-likeness (QED) is 0.782. The van der Waals surface area contributed by atoms with Gasteiger partial charge in [0.1, 0.15) is 0 Å². The van der Waals surface area contributed by atoms with Crippen molar-refractivity contribution >= 4 is 11.8 Å². The zero-order valence-electron chi connectivity index (χ0n) is 17.1. The number of aromatic nitrogens is 1. The lowest BCUT2D eigenvalue weighted by molar-refractivity contribution is -0.133. The fraction of sp³-hybridized carbons (Fsp3) is 0.682. The lowest BCUT2D eigenvalue weighted by atomic mass is 9.93. The van der Waals surface area contributed by atoms with Gasteiger partial charge in [0.05, 0.1) is 18.2 Å². The molecular formula is C22H34N4O2. The largest absolute Gasteiger partial charge is 0.350 e. The van der Waals surface area contributed by atoms with E-state index in [4.69, 9.17) is 0 Å². The molecule has 154 valence electrons. The molecule has 0 bridgehead atoms. The summed E-state index contributed by atoms with van der Waals surface area (Å²) in [6, 6.07) is 6.26. The van der Waals surface area contributed by atoms with Crippen LogP contribution in [0.15, 0.2) is 24.4 Å². The fourth-order valence-electron chi connectivity index (χ4n) is 4.34. The number of rotatable bonds is 7. The Balaban J connectivity index is 1.43. The van der Waals surface area contributed by atoms with Crippen molar-refractivity contribution < 1.29 is 9.59 Å². The van der Waals surface area contributed by atoms with Crippen molar-refractivity contribution in [2.75, 3.05) is 26.2 Å². The number of hydrogen-bond acceptors (Lipinski definition) is 4. The molecule has 0 radical (unpaired) electrons. The molecule has 3 heterocycles. The molecule has 3 rings (SSSR count). The molecule has 1 unspecified atom stereocenters. The number of hydrogen-bond donors (Lipinski definition) is 1. The molecule has 1 aromatic heterocycles. The predicted molar refractivity (Wildman–Crippen MR) is 110 cm³/mol. The molecule has 6 heteroatoms. The van der Waals surface area contributed by atoms with E-state index >= 15 is 0 Å². The van der Waals surface area contributed by atoms with Crippen LogP contribution < -0.4 is 5.32 Å². The summed E-state index contributed by atoms with van der Waals surface area (Å²) in [5.74, 6) is 0.509. The van der Waals surface area contributed by atoms with E-state index < -0.39 is 0 Å². The molecule has 1 N–H and O–H groups in total. The van der Waals surface area contributed by atoms with Crippen LogP contribution in [0.4, 0.5) is 0 Å². The number of nitrogens with zero attached hydrogens (tertiary/aromatic N) is 3. The lowest BCUT2D eigenvalue weighted by Crippen LogP contribution is -2.51. The molecule has 2 fully saturated rings. The van der Waals surface area contributed by atoms with Crippen LogP contribution in [0.5, 0.6) is 0 Å². The second-order valence-electron chi connectivity index (χ2n) is 8.09. The van der Waals surface area contributed by atoms with Gasteiger partial charge in [-0.3, -0.25) is 19.5 Å². The van der Waals surface area contributed by atoms with Crippen LogP contribution in [-0.2, 0) is 16.1 Å². The van der Waals surface area contributed by atoms with E-state index in [0.29, 0.717) is 24.9 Å². The SMILES string of the molecule is CCCCC(=O)N1CCC(N2CCCC(C(=O)NCc3ccccn3)C2)CC1. The number of amides is 2. The number of unbranched alkanes of at least 4 members (excludes halogenated alkanes) is 1. The first-order valence-corrected chi connectivity index (χ1v) is 10.9. The van der Waals surface area contributed by atoms with Gasteiger partial charge in [0, 0.05) is 38.3 Å². The number of likely N-dealkylation sites (tertiary alicyclic amines) is 2. The number of carbonyl (C=O) groups excluding carboxylic acids is 2. The average molecular weight is 387 g/mol. The number of carbonyl (C=O) groups is 2. The van der Waals surface area contributed by atoms with Crippen LogP contribution in [0.1, 0.15) is 57.6 Å². The van der Waals surface area contributed by atoms with Gasteiger partial charge in [-0.15, -0.1) is 0 Å². The summed E-state index contributed by atoms with van der Waals surface area (Å²) in [4.78, 5) is 33.6. The molecule has 0 saturated carbocycles. The van der Waals surface area contributed by atoms with Crippen molar-refractivity contribution in [3.8, 4) is 0 Å². The van der Waals surface area contributed by atoms with Gasteiger partial charge < -0.3 is 10.2 Å².